The summed E-state index contributed by atoms with van der Waals surface area (Å²) >= 11 is 3.71. The zero-order valence-electron chi connectivity index (χ0n) is 20.3. The number of halogens is 1. The van der Waals surface area contributed by atoms with Crippen molar-refractivity contribution in [3.05, 3.63) is 131 Å². The van der Waals surface area contributed by atoms with Crippen molar-refractivity contribution < 1.29 is 4.79 Å². The van der Waals surface area contributed by atoms with E-state index in [0.29, 0.717) is 0 Å². The second kappa shape index (κ2) is 8.16. The summed E-state index contributed by atoms with van der Waals surface area (Å²) in [5.74, 6) is 0.0843. The zero-order valence-corrected chi connectivity index (χ0v) is 21.8. The van der Waals surface area contributed by atoms with Gasteiger partial charge in [-0.3, -0.25) is 4.79 Å². The molecule has 0 aliphatic heterocycles. The highest BCUT2D eigenvalue weighted by Crippen LogP contribution is 2.47. The second-order valence-electron chi connectivity index (χ2n) is 9.63. The van der Waals surface area contributed by atoms with E-state index in [1.54, 1.807) is 0 Å². The van der Waals surface area contributed by atoms with E-state index in [0.717, 1.165) is 65.7 Å². The molecule has 0 spiro atoms. The number of allylic oxidation sites excluding steroid dienone is 1. The number of aromatic nitrogens is 1. The highest BCUT2D eigenvalue weighted by Gasteiger charge is 2.30. The molecule has 176 valence electrons. The number of benzene rings is 5. The number of rotatable bonds is 3. The minimum absolute atomic E-state index is 0.0843. The Kier molecular flexibility index (Phi) is 4.85. The van der Waals surface area contributed by atoms with Crippen molar-refractivity contribution in [2.45, 2.75) is 6.92 Å². The largest absolute Gasteiger partial charge is 0.309 e. The molecule has 5 aromatic carbocycles. The van der Waals surface area contributed by atoms with Crippen molar-refractivity contribution in [1.82, 2.24) is 4.57 Å². The minimum Gasteiger partial charge on any atom is -0.309 e. The lowest BCUT2D eigenvalue weighted by Gasteiger charge is -2.12. The number of carbonyl (C=O) groups is 1. The first kappa shape index (κ1) is 22.0. The molecule has 3 heteroatoms. The fraction of sp³-hybridized carbons (Fsp3) is 0.0294. The third kappa shape index (κ3) is 3.21. The maximum atomic E-state index is 13.2. The lowest BCUT2D eigenvalue weighted by molar-refractivity contribution is 0.104. The lowest BCUT2D eigenvalue weighted by atomic mass is 9.93. The lowest BCUT2D eigenvalue weighted by Crippen LogP contribution is -1.94. The molecule has 0 radical (unpaired) electrons. The third-order valence-corrected chi connectivity index (χ3v) is 8.06. The summed E-state index contributed by atoms with van der Waals surface area (Å²) in [6.45, 7) is 6.22. The SMILES string of the molecule is C=C(C)c1ccc2c(c1)c1cc(-c3cccc4c3-c3c(Br)cccc3C4=O)ccc1n2-c1ccccc1. The zero-order chi connectivity index (χ0) is 25.3. The monoisotopic (exact) mass is 539 g/mol. The first-order valence-corrected chi connectivity index (χ1v) is 13.1. The molecular formula is C34H22BrNO. The Bertz CT molecular complexity index is 1930. The predicted molar refractivity (Wildman–Crippen MR) is 157 cm³/mol. The van der Waals surface area contributed by atoms with Crippen LogP contribution in [0.2, 0.25) is 0 Å². The van der Waals surface area contributed by atoms with Crippen molar-refractivity contribution in [2.24, 2.45) is 0 Å². The molecule has 1 aliphatic rings. The van der Waals surface area contributed by atoms with E-state index < -0.39 is 0 Å². The van der Waals surface area contributed by atoms with Crippen LogP contribution in [0.1, 0.15) is 28.4 Å². The van der Waals surface area contributed by atoms with Gasteiger partial charge in [-0.15, -0.1) is 0 Å². The van der Waals surface area contributed by atoms with E-state index in [-0.39, 0.29) is 5.78 Å². The van der Waals surface area contributed by atoms with Crippen LogP contribution in [0.5, 0.6) is 0 Å². The summed E-state index contributed by atoms with van der Waals surface area (Å²) in [6, 6.07) is 35.6. The fourth-order valence-corrected chi connectivity index (χ4v) is 6.24. The van der Waals surface area contributed by atoms with Crippen LogP contribution in [0.4, 0.5) is 0 Å². The van der Waals surface area contributed by atoms with Crippen LogP contribution >= 0.6 is 15.9 Å². The summed E-state index contributed by atoms with van der Waals surface area (Å²) in [5.41, 5.74) is 11.3. The van der Waals surface area contributed by atoms with Gasteiger partial charge in [0.1, 0.15) is 0 Å². The summed E-state index contributed by atoms with van der Waals surface area (Å²) in [7, 11) is 0. The van der Waals surface area contributed by atoms with Gasteiger partial charge in [0.25, 0.3) is 0 Å². The van der Waals surface area contributed by atoms with Crippen LogP contribution in [0.25, 0.3) is 55.3 Å². The summed E-state index contributed by atoms with van der Waals surface area (Å²) in [6.07, 6.45) is 0. The molecule has 6 aromatic rings. The Hall–Kier alpha value is -4.21. The predicted octanol–water partition coefficient (Wildman–Crippen LogP) is 9.46. The number of carbonyl (C=O) groups excluding carboxylic acids is 1. The Labute approximate surface area is 223 Å². The molecule has 0 N–H and O–H groups in total. The van der Waals surface area contributed by atoms with Gasteiger partial charge in [-0.2, -0.15) is 0 Å². The maximum absolute atomic E-state index is 13.2. The molecule has 0 saturated heterocycles. The molecule has 0 amide bonds. The number of hydrogen-bond donors (Lipinski definition) is 0. The molecule has 0 unspecified atom stereocenters. The Morgan fingerprint density at radius 1 is 0.703 bits per heavy atom. The summed E-state index contributed by atoms with van der Waals surface area (Å²) in [4.78, 5) is 13.2. The van der Waals surface area contributed by atoms with E-state index in [4.69, 9.17) is 0 Å². The Morgan fingerprint density at radius 3 is 2.11 bits per heavy atom. The van der Waals surface area contributed by atoms with Gasteiger partial charge >= 0.3 is 0 Å². The topological polar surface area (TPSA) is 22.0 Å². The Morgan fingerprint density at radius 2 is 1.35 bits per heavy atom. The number of hydrogen-bond acceptors (Lipinski definition) is 1. The van der Waals surface area contributed by atoms with Crippen LogP contribution in [0, 0.1) is 0 Å². The second-order valence-corrected chi connectivity index (χ2v) is 10.5. The average Bonchev–Trinajstić information content (AvgIpc) is 3.41. The molecule has 1 aliphatic carbocycles. The van der Waals surface area contributed by atoms with Crippen LogP contribution < -0.4 is 0 Å². The van der Waals surface area contributed by atoms with Crippen LogP contribution in [0.15, 0.2) is 114 Å². The van der Waals surface area contributed by atoms with Gasteiger partial charge in [-0.25, -0.2) is 0 Å². The molecule has 0 fully saturated rings. The van der Waals surface area contributed by atoms with Gasteiger partial charge in [0.05, 0.1) is 11.0 Å². The first-order valence-electron chi connectivity index (χ1n) is 12.3. The molecule has 2 nitrogen and oxygen atoms in total. The normalized spacial score (nSPS) is 12.2. The van der Waals surface area contributed by atoms with Crippen molar-refractivity contribution in [3.63, 3.8) is 0 Å². The quantitative estimate of drug-likeness (QED) is 0.219. The van der Waals surface area contributed by atoms with Crippen LogP contribution in [-0.4, -0.2) is 10.4 Å². The molecular weight excluding hydrogens is 518 g/mol. The van der Waals surface area contributed by atoms with Crippen LogP contribution in [-0.2, 0) is 0 Å². The number of fused-ring (bicyclic) bond motifs is 6. The smallest absolute Gasteiger partial charge is 0.194 e. The van der Waals surface area contributed by atoms with E-state index in [1.807, 2.05) is 43.3 Å². The summed E-state index contributed by atoms with van der Waals surface area (Å²) in [5, 5.41) is 2.36. The van der Waals surface area contributed by atoms with Gasteiger partial charge < -0.3 is 4.57 Å². The number of para-hydroxylation sites is 1. The maximum Gasteiger partial charge on any atom is 0.194 e. The number of ketones is 1. The molecule has 7 rings (SSSR count). The van der Waals surface area contributed by atoms with E-state index in [9.17, 15) is 4.79 Å². The van der Waals surface area contributed by atoms with Crippen molar-refractivity contribution >= 4 is 49.1 Å². The van der Waals surface area contributed by atoms with Crippen molar-refractivity contribution in [3.8, 4) is 27.9 Å². The van der Waals surface area contributed by atoms with Gasteiger partial charge in [0.15, 0.2) is 5.78 Å². The molecule has 1 aromatic heterocycles. The molecule has 0 bridgehead atoms. The highest BCUT2D eigenvalue weighted by atomic mass is 79.9. The van der Waals surface area contributed by atoms with Gasteiger partial charge in [-0.1, -0.05) is 88.7 Å². The first-order chi connectivity index (χ1) is 18.0. The van der Waals surface area contributed by atoms with Gasteiger partial charge in [0, 0.05) is 43.2 Å². The van der Waals surface area contributed by atoms with E-state index in [2.05, 4.69) is 93.8 Å². The van der Waals surface area contributed by atoms with Crippen LogP contribution in [0.3, 0.4) is 0 Å². The van der Waals surface area contributed by atoms with Crippen molar-refractivity contribution in [2.75, 3.05) is 0 Å². The molecule has 0 saturated carbocycles. The van der Waals surface area contributed by atoms with Gasteiger partial charge in [0.2, 0.25) is 0 Å². The van der Waals surface area contributed by atoms with Crippen molar-refractivity contribution in [1.29, 1.82) is 0 Å². The average molecular weight is 540 g/mol. The third-order valence-electron chi connectivity index (χ3n) is 7.40. The van der Waals surface area contributed by atoms with Gasteiger partial charge in [-0.05, 0) is 66.1 Å². The van der Waals surface area contributed by atoms with E-state index in [1.165, 1.54) is 10.8 Å². The van der Waals surface area contributed by atoms with E-state index >= 15 is 0 Å². The molecule has 37 heavy (non-hydrogen) atoms. The fourth-order valence-electron chi connectivity index (χ4n) is 5.68. The minimum atomic E-state index is 0.0843. The summed E-state index contributed by atoms with van der Waals surface area (Å²) < 4.78 is 3.26. The molecule has 0 atom stereocenters. The standard InChI is InChI=1S/C34H22BrNO/c1-20(2)21-14-16-30-27(18-21)28-19-22(15-17-31(28)36(30)23-8-4-3-5-9-23)24-10-6-11-25-32(24)33-26(34(25)37)12-7-13-29(33)35/h3-19H,1H2,2H3. The molecule has 1 heterocycles. The Balaban J connectivity index is 1.54. The number of nitrogens with zero attached hydrogens (tertiary/aromatic N) is 1. The highest BCUT2D eigenvalue weighted by molar-refractivity contribution is 9.10.